The summed E-state index contributed by atoms with van der Waals surface area (Å²) < 4.78 is 5.70. The van der Waals surface area contributed by atoms with Gasteiger partial charge in [-0.2, -0.15) is 0 Å². The molecule has 3 aromatic rings. The van der Waals surface area contributed by atoms with Gasteiger partial charge >= 0.3 is 0 Å². The van der Waals surface area contributed by atoms with Gasteiger partial charge in [-0.1, -0.05) is 18.2 Å². The number of hydrogen-bond acceptors (Lipinski definition) is 5. The number of fused-ring (bicyclic) bond motifs is 1. The van der Waals surface area contributed by atoms with Crippen LogP contribution in [0.4, 0.5) is 5.69 Å². The average molecular weight is 363 g/mol. The van der Waals surface area contributed by atoms with Gasteiger partial charge in [-0.3, -0.25) is 19.9 Å². The van der Waals surface area contributed by atoms with Gasteiger partial charge in [0.2, 0.25) is 5.91 Å². The molecule has 2 aromatic carbocycles. The van der Waals surface area contributed by atoms with Crippen LogP contribution in [0.3, 0.4) is 0 Å². The number of para-hydroxylation sites is 1. The van der Waals surface area contributed by atoms with Crippen LogP contribution in [0, 0.1) is 10.1 Å². The maximum absolute atomic E-state index is 11.8. The van der Waals surface area contributed by atoms with Gasteiger partial charge in [0.15, 0.2) is 0 Å². The number of amides is 1. The van der Waals surface area contributed by atoms with Gasteiger partial charge < -0.3 is 10.1 Å². The van der Waals surface area contributed by atoms with Crippen molar-refractivity contribution in [2.24, 2.45) is 0 Å². The van der Waals surface area contributed by atoms with Crippen molar-refractivity contribution in [1.82, 2.24) is 10.3 Å². The van der Waals surface area contributed by atoms with Crippen molar-refractivity contribution in [3.8, 4) is 5.75 Å². The number of aromatic nitrogens is 1. The third-order valence-corrected chi connectivity index (χ3v) is 3.79. The lowest BCUT2D eigenvalue weighted by Gasteiger charge is -2.08. The minimum atomic E-state index is -0.467. The molecule has 1 aromatic heterocycles. The highest BCUT2D eigenvalue weighted by Crippen LogP contribution is 2.22. The fraction of sp³-hybridized carbons (Fsp3) is 0.100. The van der Waals surface area contributed by atoms with Crippen LogP contribution in [0.2, 0.25) is 0 Å². The van der Waals surface area contributed by atoms with E-state index in [2.05, 4.69) is 10.3 Å². The Hall–Kier alpha value is -3.74. The van der Waals surface area contributed by atoms with Crippen molar-refractivity contribution < 1.29 is 14.5 Å². The number of ether oxygens (including phenoxy) is 1. The number of nitro benzene ring substituents is 1. The Labute approximate surface area is 155 Å². The smallest absolute Gasteiger partial charge is 0.269 e. The quantitative estimate of drug-likeness (QED) is 0.301. The molecule has 0 saturated carbocycles. The van der Waals surface area contributed by atoms with Crippen LogP contribution in [0.5, 0.6) is 5.75 Å². The molecule has 0 atom stereocenters. The van der Waals surface area contributed by atoms with E-state index in [1.807, 2.05) is 30.3 Å². The van der Waals surface area contributed by atoms with Crippen molar-refractivity contribution >= 4 is 28.6 Å². The van der Waals surface area contributed by atoms with Crippen LogP contribution in [0.25, 0.3) is 17.0 Å². The summed E-state index contributed by atoms with van der Waals surface area (Å²) in [4.78, 5) is 26.3. The molecule has 0 spiro atoms. The van der Waals surface area contributed by atoms with Crippen LogP contribution in [-0.4, -0.2) is 29.0 Å². The number of pyridine rings is 1. The topological polar surface area (TPSA) is 94.4 Å². The summed E-state index contributed by atoms with van der Waals surface area (Å²) in [7, 11) is 0. The lowest BCUT2D eigenvalue weighted by atomic mass is 10.2. The van der Waals surface area contributed by atoms with Crippen LogP contribution >= 0.6 is 0 Å². The molecule has 136 valence electrons. The molecule has 7 heteroatoms. The molecule has 1 heterocycles. The second kappa shape index (κ2) is 8.57. The normalized spacial score (nSPS) is 10.8. The number of hydrogen-bond donors (Lipinski definition) is 1. The summed E-state index contributed by atoms with van der Waals surface area (Å²) >= 11 is 0. The van der Waals surface area contributed by atoms with Gasteiger partial charge in [0.1, 0.15) is 17.9 Å². The zero-order chi connectivity index (χ0) is 19.1. The first-order valence-electron chi connectivity index (χ1n) is 8.30. The SMILES string of the molecule is O=C(C=Cc1ccc([N+](=O)[O-])cc1)NCCOc1cccc2cccnc12. The van der Waals surface area contributed by atoms with E-state index >= 15 is 0 Å². The first-order chi connectivity index (χ1) is 13.1. The molecule has 0 aliphatic carbocycles. The summed E-state index contributed by atoms with van der Waals surface area (Å²) in [6.45, 7) is 0.652. The first-order valence-corrected chi connectivity index (χ1v) is 8.30. The largest absolute Gasteiger partial charge is 0.489 e. The lowest BCUT2D eigenvalue weighted by molar-refractivity contribution is -0.384. The molecule has 0 bridgehead atoms. The van der Waals surface area contributed by atoms with Crippen LogP contribution in [0.15, 0.2) is 66.9 Å². The van der Waals surface area contributed by atoms with Gasteiger partial charge in [-0.15, -0.1) is 0 Å². The van der Waals surface area contributed by atoms with Crippen LogP contribution in [0.1, 0.15) is 5.56 Å². The zero-order valence-corrected chi connectivity index (χ0v) is 14.4. The molecule has 7 nitrogen and oxygen atoms in total. The van der Waals surface area contributed by atoms with Crippen LogP contribution < -0.4 is 10.1 Å². The van der Waals surface area contributed by atoms with Gasteiger partial charge in [0.05, 0.1) is 11.5 Å². The molecule has 0 aliphatic heterocycles. The van der Waals surface area contributed by atoms with E-state index in [0.29, 0.717) is 24.5 Å². The highest BCUT2D eigenvalue weighted by Gasteiger charge is 2.04. The fourth-order valence-corrected chi connectivity index (χ4v) is 2.47. The standard InChI is InChI=1S/C20H17N3O4/c24-19(11-8-15-6-9-17(10-7-15)23(25)26)21-13-14-27-18-5-1-3-16-4-2-12-22-20(16)18/h1-12H,13-14H2,(H,21,24). The average Bonchev–Trinajstić information content (AvgIpc) is 2.70. The van der Waals surface area contributed by atoms with Crippen molar-refractivity contribution in [2.45, 2.75) is 0 Å². The molecule has 3 rings (SSSR count). The predicted octanol–water partition coefficient (Wildman–Crippen LogP) is 3.35. The highest BCUT2D eigenvalue weighted by atomic mass is 16.6. The van der Waals surface area contributed by atoms with E-state index in [-0.39, 0.29) is 11.6 Å². The number of benzene rings is 2. The Bertz CT molecular complexity index is 979. The van der Waals surface area contributed by atoms with E-state index in [0.717, 1.165) is 10.9 Å². The minimum Gasteiger partial charge on any atom is -0.489 e. The van der Waals surface area contributed by atoms with Gasteiger partial charge in [-0.05, 0) is 35.9 Å². The Morgan fingerprint density at radius 3 is 2.70 bits per heavy atom. The summed E-state index contributed by atoms with van der Waals surface area (Å²) in [5.74, 6) is 0.400. The fourth-order valence-electron chi connectivity index (χ4n) is 2.47. The second-order valence-electron chi connectivity index (χ2n) is 5.65. The number of nitrogens with zero attached hydrogens (tertiary/aromatic N) is 2. The van der Waals surface area contributed by atoms with E-state index in [1.54, 1.807) is 24.4 Å². The molecule has 0 fully saturated rings. The maximum Gasteiger partial charge on any atom is 0.269 e. The van der Waals surface area contributed by atoms with Crippen LogP contribution in [-0.2, 0) is 4.79 Å². The van der Waals surface area contributed by atoms with Crippen molar-refractivity contribution in [3.05, 3.63) is 82.5 Å². The van der Waals surface area contributed by atoms with Crippen molar-refractivity contribution in [1.29, 1.82) is 0 Å². The molecule has 1 amide bonds. The molecule has 0 aliphatic rings. The third kappa shape index (κ3) is 4.88. The summed E-state index contributed by atoms with van der Waals surface area (Å²) in [5, 5.41) is 14.3. The summed E-state index contributed by atoms with van der Waals surface area (Å²) in [6, 6.07) is 15.5. The number of non-ortho nitro benzene ring substituents is 1. The lowest BCUT2D eigenvalue weighted by Crippen LogP contribution is -2.26. The van der Waals surface area contributed by atoms with Gasteiger partial charge in [0.25, 0.3) is 5.69 Å². The first kappa shape index (κ1) is 18.1. The monoisotopic (exact) mass is 363 g/mol. The van der Waals surface area contributed by atoms with E-state index in [4.69, 9.17) is 4.74 Å². The molecule has 0 unspecified atom stereocenters. The molecular formula is C20H17N3O4. The second-order valence-corrected chi connectivity index (χ2v) is 5.65. The summed E-state index contributed by atoms with van der Waals surface area (Å²) in [6.07, 6.45) is 4.68. The van der Waals surface area contributed by atoms with Crippen molar-refractivity contribution in [2.75, 3.05) is 13.2 Å². The molecular weight excluding hydrogens is 346 g/mol. The third-order valence-electron chi connectivity index (χ3n) is 3.79. The molecule has 1 N–H and O–H groups in total. The number of carbonyl (C=O) groups excluding carboxylic acids is 1. The molecule has 0 radical (unpaired) electrons. The Morgan fingerprint density at radius 1 is 1.15 bits per heavy atom. The van der Waals surface area contributed by atoms with Gasteiger partial charge in [-0.25, -0.2) is 0 Å². The predicted molar refractivity (Wildman–Crippen MR) is 102 cm³/mol. The Morgan fingerprint density at radius 2 is 1.93 bits per heavy atom. The molecule has 0 saturated heterocycles. The number of carbonyl (C=O) groups is 1. The molecule has 27 heavy (non-hydrogen) atoms. The van der Waals surface area contributed by atoms with E-state index in [1.165, 1.54) is 18.2 Å². The number of rotatable bonds is 7. The minimum absolute atomic E-state index is 0.0108. The Kier molecular flexibility index (Phi) is 5.73. The Balaban J connectivity index is 1.47. The van der Waals surface area contributed by atoms with Gasteiger partial charge in [0, 0.05) is 29.8 Å². The number of nitro groups is 1. The van der Waals surface area contributed by atoms with E-state index in [9.17, 15) is 14.9 Å². The maximum atomic E-state index is 11.8. The highest BCUT2D eigenvalue weighted by molar-refractivity contribution is 5.91. The van der Waals surface area contributed by atoms with E-state index < -0.39 is 4.92 Å². The number of nitrogens with one attached hydrogen (secondary N) is 1. The summed E-state index contributed by atoms with van der Waals surface area (Å²) in [5.41, 5.74) is 1.50. The van der Waals surface area contributed by atoms with Crippen molar-refractivity contribution in [3.63, 3.8) is 0 Å². The zero-order valence-electron chi connectivity index (χ0n) is 14.4.